The van der Waals surface area contributed by atoms with Crippen molar-refractivity contribution in [3.05, 3.63) is 20.8 Å². The maximum atomic E-state index is 11.5. The van der Waals surface area contributed by atoms with Crippen molar-refractivity contribution in [2.45, 2.75) is 18.6 Å². The first kappa shape index (κ1) is 14.1. The molecule has 0 spiro atoms. The second kappa shape index (κ2) is 6.11. The molecule has 4 nitrogen and oxygen atoms in total. The summed E-state index contributed by atoms with van der Waals surface area (Å²) >= 11 is 4.93. The molecule has 0 aromatic carbocycles. The lowest BCUT2D eigenvalue weighted by Crippen LogP contribution is -2.35. The second-order valence-electron chi connectivity index (χ2n) is 3.39. The summed E-state index contributed by atoms with van der Waals surface area (Å²) in [6.45, 7) is 1.48. The van der Waals surface area contributed by atoms with E-state index in [1.807, 2.05) is 12.1 Å². The third-order valence-electron chi connectivity index (χ3n) is 2.09. The zero-order valence-electron chi connectivity index (χ0n) is 8.81. The fourth-order valence-electron chi connectivity index (χ4n) is 1.04. The number of hydrogen-bond donors (Lipinski definition) is 2. The van der Waals surface area contributed by atoms with Crippen LogP contribution in [0.2, 0.25) is 0 Å². The van der Waals surface area contributed by atoms with E-state index in [-0.39, 0.29) is 6.61 Å². The Morgan fingerprint density at radius 2 is 2.25 bits per heavy atom. The molecule has 0 saturated carbocycles. The molecule has 1 unspecified atom stereocenters. The summed E-state index contributed by atoms with van der Waals surface area (Å²) in [5.41, 5.74) is 0. The van der Waals surface area contributed by atoms with E-state index in [4.69, 9.17) is 5.11 Å². The van der Waals surface area contributed by atoms with Crippen LogP contribution in [0.3, 0.4) is 0 Å². The van der Waals surface area contributed by atoms with Gasteiger partial charge in [-0.05, 0) is 41.4 Å². The van der Waals surface area contributed by atoms with E-state index in [1.54, 1.807) is 11.3 Å². The maximum absolute atomic E-state index is 11.5. The van der Waals surface area contributed by atoms with Gasteiger partial charge >= 0.3 is 0 Å². The van der Waals surface area contributed by atoms with Crippen LogP contribution < -0.4 is 4.72 Å². The minimum atomic E-state index is -3.38. The molecule has 7 heteroatoms. The third kappa shape index (κ3) is 4.14. The Morgan fingerprint density at radius 1 is 1.56 bits per heavy atom. The zero-order valence-corrected chi connectivity index (χ0v) is 12.0. The lowest BCUT2D eigenvalue weighted by atomic mass is 10.3. The van der Waals surface area contributed by atoms with Crippen LogP contribution in [0.25, 0.3) is 0 Å². The number of sulfonamides is 1. The Hall–Kier alpha value is 0.0500. The van der Waals surface area contributed by atoms with Gasteiger partial charge in [0.1, 0.15) is 0 Å². The number of rotatable bonds is 6. The first-order chi connectivity index (χ1) is 7.45. The van der Waals surface area contributed by atoms with Gasteiger partial charge in [-0.3, -0.25) is 0 Å². The summed E-state index contributed by atoms with van der Waals surface area (Å²) < 4.78 is 26.5. The van der Waals surface area contributed by atoms with Crippen LogP contribution in [0.5, 0.6) is 0 Å². The van der Waals surface area contributed by atoms with Crippen molar-refractivity contribution in [2.24, 2.45) is 0 Å². The van der Waals surface area contributed by atoms with Crippen LogP contribution in [-0.4, -0.2) is 31.9 Å². The average Bonchev–Trinajstić information content (AvgIpc) is 2.62. The van der Waals surface area contributed by atoms with Crippen LogP contribution in [0.1, 0.15) is 11.8 Å². The normalized spacial score (nSPS) is 13.9. The molecular weight excluding hydrogens is 314 g/mol. The summed E-state index contributed by atoms with van der Waals surface area (Å²) in [7, 11) is -3.38. The number of aliphatic hydroxyl groups excluding tert-OH is 1. The second-order valence-corrected chi connectivity index (χ2v) is 8.12. The van der Waals surface area contributed by atoms with Crippen LogP contribution in [0.15, 0.2) is 15.9 Å². The number of hydrogen-bond acceptors (Lipinski definition) is 4. The topological polar surface area (TPSA) is 66.4 Å². The van der Waals surface area contributed by atoms with E-state index in [0.29, 0.717) is 13.0 Å². The lowest BCUT2D eigenvalue weighted by molar-refractivity contribution is 0.295. The molecule has 0 aliphatic carbocycles. The summed E-state index contributed by atoms with van der Waals surface area (Å²) in [4.78, 5) is 1.12. The highest BCUT2D eigenvalue weighted by molar-refractivity contribution is 9.11. The average molecular weight is 328 g/mol. The standard InChI is InChI=1S/C9H14BrNO3S2/c1-7(6-12)16(13,14)11-5-4-8-2-3-9(10)15-8/h2-3,7,11-12H,4-6H2,1H3. The minimum Gasteiger partial charge on any atom is -0.395 e. The Balaban J connectivity index is 2.41. The first-order valence-electron chi connectivity index (χ1n) is 4.79. The van der Waals surface area contributed by atoms with Gasteiger partial charge in [0, 0.05) is 11.4 Å². The molecule has 1 aromatic rings. The van der Waals surface area contributed by atoms with Crippen molar-refractivity contribution in [1.29, 1.82) is 0 Å². The summed E-state index contributed by atoms with van der Waals surface area (Å²) in [5, 5.41) is 8.01. The van der Waals surface area contributed by atoms with E-state index < -0.39 is 15.3 Å². The number of aliphatic hydroxyl groups is 1. The molecule has 1 aromatic heterocycles. The van der Waals surface area contributed by atoms with Gasteiger partial charge in [-0.1, -0.05) is 0 Å². The quantitative estimate of drug-likeness (QED) is 0.828. The molecule has 92 valence electrons. The molecular formula is C9H14BrNO3S2. The maximum Gasteiger partial charge on any atom is 0.216 e. The highest BCUT2D eigenvalue weighted by Gasteiger charge is 2.18. The van der Waals surface area contributed by atoms with Crippen LogP contribution >= 0.6 is 27.3 Å². The molecule has 0 bridgehead atoms. The van der Waals surface area contributed by atoms with E-state index in [0.717, 1.165) is 8.66 Å². The highest BCUT2D eigenvalue weighted by atomic mass is 79.9. The Bertz CT molecular complexity index is 430. The molecule has 0 fully saturated rings. The smallest absolute Gasteiger partial charge is 0.216 e. The van der Waals surface area contributed by atoms with Crippen molar-refractivity contribution in [2.75, 3.05) is 13.2 Å². The molecule has 0 amide bonds. The van der Waals surface area contributed by atoms with E-state index in [9.17, 15) is 8.42 Å². The van der Waals surface area contributed by atoms with E-state index >= 15 is 0 Å². The van der Waals surface area contributed by atoms with Crippen molar-refractivity contribution in [1.82, 2.24) is 4.72 Å². The summed E-state index contributed by atoms with van der Waals surface area (Å²) in [6, 6.07) is 3.89. The van der Waals surface area contributed by atoms with Crippen molar-refractivity contribution < 1.29 is 13.5 Å². The Labute approximate surface area is 108 Å². The van der Waals surface area contributed by atoms with Gasteiger partial charge in [-0.15, -0.1) is 11.3 Å². The van der Waals surface area contributed by atoms with Crippen molar-refractivity contribution >= 4 is 37.3 Å². The molecule has 0 aliphatic heterocycles. The fraction of sp³-hybridized carbons (Fsp3) is 0.556. The first-order valence-corrected chi connectivity index (χ1v) is 7.95. The third-order valence-corrected chi connectivity index (χ3v) is 5.59. The monoisotopic (exact) mass is 327 g/mol. The van der Waals surface area contributed by atoms with Gasteiger partial charge in [0.05, 0.1) is 15.6 Å². The molecule has 16 heavy (non-hydrogen) atoms. The summed E-state index contributed by atoms with van der Waals surface area (Å²) in [5.74, 6) is 0. The SMILES string of the molecule is CC(CO)S(=O)(=O)NCCc1ccc(Br)s1. The van der Waals surface area contributed by atoms with Crippen LogP contribution in [-0.2, 0) is 16.4 Å². The molecule has 1 atom stereocenters. The largest absolute Gasteiger partial charge is 0.395 e. The molecule has 2 N–H and O–H groups in total. The molecule has 1 heterocycles. The van der Waals surface area contributed by atoms with E-state index in [2.05, 4.69) is 20.7 Å². The van der Waals surface area contributed by atoms with Gasteiger partial charge < -0.3 is 5.11 Å². The zero-order chi connectivity index (χ0) is 12.2. The van der Waals surface area contributed by atoms with Crippen molar-refractivity contribution in [3.63, 3.8) is 0 Å². The molecule has 0 saturated heterocycles. The molecule has 0 aliphatic rings. The minimum absolute atomic E-state index is 0.361. The van der Waals surface area contributed by atoms with Crippen molar-refractivity contribution in [3.8, 4) is 0 Å². The van der Waals surface area contributed by atoms with Gasteiger partial charge in [-0.2, -0.15) is 0 Å². The predicted molar refractivity (Wildman–Crippen MR) is 69.2 cm³/mol. The van der Waals surface area contributed by atoms with Crippen LogP contribution in [0.4, 0.5) is 0 Å². The molecule has 0 radical (unpaired) electrons. The lowest BCUT2D eigenvalue weighted by Gasteiger charge is -2.10. The number of halogens is 1. The molecule has 1 rings (SSSR count). The number of thiophene rings is 1. The highest BCUT2D eigenvalue weighted by Crippen LogP contribution is 2.22. The van der Waals surface area contributed by atoms with Gasteiger partial charge in [0.25, 0.3) is 0 Å². The van der Waals surface area contributed by atoms with Gasteiger partial charge in [0.15, 0.2) is 0 Å². The Morgan fingerprint density at radius 3 is 2.75 bits per heavy atom. The Kier molecular flexibility index (Phi) is 5.39. The summed E-state index contributed by atoms with van der Waals surface area (Å²) in [6.07, 6.45) is 0.660. The van der Waals surface area contributed by atoms with E-state index in [1.165, 1.54) is 6.92 Å². The predicted octanol–water partition coefficient (Wildman–Crippen LogP) is 1.35. The van der Waals surface area contributed by atoms with Gasteiger partial charge in [0.2, 0.25) is 10.0 Å². The van der Waals surface area contributed by atoms with Crippen LogP contribution in [0, 0.1) is 0 Å². The fourth-order valence-corrected chi connectivity index (χ4v) is 3.39. The number of nitrogens with one attached hydrogen (secondary N) is 1. The van der Waals surface area contributed by atoms with Gasteiger partial charge in [-0.25, -0.2) is 13.1 Å².